The monoisotopic (exact) mass is 398 g/mol. The molecule has 1 amide bonds. The fourth-order valence-electron chi connectivity index (χ4n) is 2.18. The van der Waals surface area contributed by atoms with Crippen molar-refractivity contribution >= 4 is 23.5 Å². The van der Waals surface area contributed by atoms with Crippen LogP contribution < -0.4 is 10.6 Å². The van der Waals surface area contributed by atoms with Gasteiger partial charge in [0.2, 0.25) is 11.6 Å². The molecule has 0 bridgehead atoms. The van der Waals surface area contributed by atoms with Crippen LogP contribution in [0.15, 0.2) is 6.20 Å². The third-order valence-electron chi connectivity index (χ3n) is 3.85. The van der Waals surface area contributed by atoms with Crippen LogP contribution in [0.1, 0.15) is 39.7 Å². The second-order valence-electron chi connectivity index (χ2n) is 5.74. The third-order valence-corrected chi connectivity index (χ3v) is 4.03. The molecule has 0 aromatic carbocycles. The normalized spacial score (nSPS) is 12.8. The second-order valence-corrected chi connectivity index (χ2v) is 6.07. The number of rotatable bonds is 10. The second kappa shape index (κ2) is 12.3. The van der Waals surface area contributed by atoms with Crippen molar-refractivity contribution in [3.8, 4) is 11.8 Å². The maximum atomic E-state index is 10.9. The molecule has 0 spiro atoms. The van der Waals surface area contributed by atoms with Crippen LogP contribution >= 0.6 is 11.6 Å². The summed E-state index contributed by atoms with van der Waals surface area (Å²) in [5.74, 6) is 6.47. The van der Waals surface area contributed by atoms with Gasteiger partial charge in [0.15, 0.2) is 0 Å². The lowest BCUT2D eigenvalue weighted by Gasteiger charge is -2.25. The van der Waals surface area contributed by atoms with Crippen molar-refractivity contribution in [3.05, 3.63) is 17.0 Å². The number of carboxylic acid groups (broad SMARTS) is 1. The van der Waals surface area contributed by atoms with Crippen LogP contribution in [0.2, 0.25) is 5.28 Å². The molecule has 0 aliphatic heterocycles. The van der Waals surface area contributed by atoms with Crippen molar-refractivity contribution in [2.75, 3.05) is 25.1 Å². The SMILES string of the molecule is CCOC(C#Cc1cnc(Cl)nc1NC(CNC(=O)O)C(C)CC)OCC. The minimum atomic E-state index is -1.08. The van der Waals surface area contributed by atoms with Crippen molar-refractivity contribution in [2.24, 2.45) is 5.92 Å². The lowest BCUT2D eigenvalue weighted by atomic mass is 9.99. The predicted octanol–water partition coefficient (Wildman–Crippen LogP) is 2.97. The molecule has 2 unspecified atom stereocenters. The predicted molar refractivity (Wildman–Crippen MR) is 104 cm³/mol. The minimum absolute atomic E-state index is 0.0725. The highest BCUT2D eigenvalue weighted by atomic mass is 35.5. The number of aromatic nitrogens is 2. The third kappa shape index (κ3) is 8.43. The summed E-state index contributed by atoms with van der Waals surface area (Å²) in [6.45, 7) is 8.94. The van der Waals surface area contributed by atoms with Crippen LogP contribution in [-0.2, 0) is 9.47 Å². The van der Waals surface area contributed by atoms with Crippen LogP contribution in [-0.4, -0.2) is 53.3 Å². The molecule has 2 atom stereocenters. The van der Waals surface area contributed by atoms with E-state index in [9.17, 15) is 4.79 Å². The van der Waals surface area contributed by atoms with Gasteiger partial charge in [-0.3, -0.25) is 0 Å². The van der Waals surface area contributed by atoms with Gasteiger partial charge in [0.25, 0.3) is 0 Å². The molecular weight excluding hydrogens is 372 g/mol. The molecule has 0 aliphatic rings. The van der Waals surface area contributed by atoms with Gasteiger partial charge in [0, 0.05) is 32.0 Å². The zero-order valence-electron chi connectivity index (χ0n) is 16.1. The first kappa shape index (κ1) is 23.0. The average molecular weight is 399 g/mol. The summed E-state index contributed by atoms with van der Waals surface area (Å²) >= 11 is 5.93. The van der Waals surface area contributed by atoms with E-state index < -0.39 is 12.4 Å². The molecule has 1 rings (SSSR count). The quantitative estimate of drug-likeness (QED) is 0.316. The number of halogens is 1. The van der Waals surface area contributed by atoms with Gasteiger partial charge < -0.3 is 25.2 Å². The topological polar surface area (TPSA) is 106 Å². The van der Waals surface area contributed by atoms with Gasteiger partial charge in [-0.25, -0.2) is 9.78 Å². The standard InChI is InChI=1S/C18H27ClN4O4/c1-5-12(4)14(11-21-18(24)25)22-16-13(10-20-17(19)23-16)8-9-15(26-6-2)27-7-3/h10,12,14-15,21H,5-7,11H2,1-4H3,(H,24,25)(H,20,22,23). The van der Waals surface area contributed by atoms with Crippen molar-refractivity contribution in [1.29, 1.82) is 0 Å². The Morgan fingerprint density at radius 1 is 1.33 bits per heavy atom. The molecule has 150 valence electrons. The summed E-state index contributed by atoms with van der Waals surface area (Å²) in [7, 11) is 0. The van der Waals surface area contributed by atoms with E-state index in [1.807, 2.05) is 27.7 Å². The highest BCUT2D eigenvalue weighted by Crippen LogP contribution is 2.18. The molecule has 27 heavy (non-hydrogen) atoms. The summed E-state index contributed by atoms with van der Waals surface area (Å²) in [5.41, 5.74) is 0.521. The molecule has 0 radical (unpaired) electrons. The van der Waals surface area contributed by atoms with Crippen LogP contribution in [0.4, 0.5) is 10.6 Å². The first-order valence-corrected chi connectivity index (χ1v) is 9.29. The molecular formula is C18H27ClN4O4. The van der Waals surface area contributed by atoms with Crippen molar-refractivity contribution in [1.82, 2.24) is 15.3 Å². The van der Waals surface area contributed by atoms with Gasteiger partial charge in [-0.15, -0.1) is 0 Å². The number of nitrogens with one attached hydrogen (secondary N) is 2. The fraction of sp³-hybridized carbons (Fsp3) is 0.611. The van der Waals surface area contributed by atoms with Gasteiger partial charge in [-0.05, 0) is 37.3 Å². The van der Waals surface area contributed by atoms with Crippen molar-refractivity contribution < 1.29 is 19.4 Å². The molecule has 0 fully saturated rings. The maximum absolute atomic E-state index is 10.9. The number of nitrogens with zero attached hydrogens (tertiary/aromatic N) is 2. The largest absolute Gasteiger partial charge is 0.465 e. The highest BCUT2D eigenvalue weighted by Gasteiger charge is 2.19. The first-order chi connectivity index (χ1) is 12.9. The van der Waals surface area contributed by atoms with E-state index in [2.05, 4.69) is 32.4 Å². The van der Waals surface area contributed by atoms with E-state index in [0.29, 0.717) is 24.6 Å². The molecule has 0 saturated heterocycles. The Morgan fingerprint density at radius 2 is 2.00 bits per heavy atom. The van der Waals surface area contributed by atoms with Gasteiger partial charge in [0.05, 0.1) is 5.56 Å². The Kier molecular flexibility index (Phi) is 10.5. The lowest BCUT2D eigenvalue weighted by Crippen LogP contribution is -2.40. The molecule has 9 heteroatoms. The van der Waals surface area contributed by atoms with Gasteiger partial charge in [-0.2, -0.15) is 4.98 Å². The van der Waals surface area contributed by atoms with Gasteiger partial charge >= 0.3 is 6.09 Å². The molecule has 3 N–H and O–H groups in total. The van der Waals surface area contributed by atoms with Crippen molar-refractivity contribution in [3.63, 3.8) is 0 Å². The maximum Gasteiger partial charge on any atom is 0.404 e. The number of carbonyl (C=O) groups is 1. The number of ether oxygens (including phenoxy) is 2. The smallest absolute Gasteiger partial charge is 0.404 e. The fourth-order valence-corrected chi connectivity index (χ4v) is 2.32. The van der Waals surface area contributed by atoms with Gasteiger partial charge in [0.1, 0.15) is 5.82 Å². The van der Waals surface area contributed by atoms with E-state index in [0.717, 1.165) is 6.42 Å². The zero-order chi connectivity index (χ0) is 20.2. The molecule has 8 nitrogen and oxygen atoms in total. The molecule has 0 aliphatic carbocycles. The van der Waals surface area contributed by atoms with E-state index in [4.69, 9.17) is 26.2 Å². The van der Waals surface area contributed by atoms with Crippen LogP contribution in [0.25, 0.3) is 0 Å². The van der Waals surface area contributed by atoms with Crippen LogP contribution in [0, 0.1) is 17.8 Å². The highest BCUT2D eigenvalue weighted by molar-refractivity contribution is 6.28. The van der Waals surface area contributed by atoms with Crippen LogP contribution in [0.3, 0.4) is 0 Å². The summed E-state index contributed by atoms with van der Waals surface area (Å²) < 4.78 is 10.8. The Morgan fingerprint density at radius 3 is 2.56 bits per heavy atom. The van der Waals surface area contributed by atoms with E-state index in [-0.39, 0.29) is 23.8 Å². The molecule has 1 heterocycles. The van der Waals surface area contributed by atoms with Crippen molar-refractivity contribution in [2.45, 2.75) is 46.4 Å². The Labute approximate surface area is 165 Å². The zero-order valence-corrected chi connectivity index (χ0v) is 16.8. The van der Waals surface area contributed by atoms with Gasteiger partial charge in [-0.1, -0.05) is 26.2 Å². The minimum Gasteiger partial charge on any atom is -0.465 e. The van der Waals surface area contributed by atoms with E-state index in [1.165, 1.54) is 6.20 Å². The lowest BCUT2D eigenvalue weighted by molar-refractivity contribution is -0.0969. The molecule has 1 aromatic rings. The Balaban J connectivity index is 3.08. The molecule has 0 saturated carbocycles. The Hall–Kier alpha value is -2.08. The summed E-state index contributed by atoms with van der Waals surface area (Å²) in [4.78, 5) is 19.0. The number of amides is 1. The number of hydrogen-bond donors (Lipinski definition) is 3. The summed E-state index contributed by atoms with van der Waals surface area (Å²) in [5, 5.41) is 14.6. The first-order valence-electron chi connectivity index (χ1n) is 8.91. The Bertz CT molecular complexity index is 656. The number of hydrogen-bond acceptors (Lipinski definition) is 6. The molecule has 1 aromatic heterocycles. The summed E-state index contributed by atoms with van der Waals surface area (Å²) in [6.07, 6.45) is 0.637. The summed E-state index contributed by atoms with van der Waals surface area (Å²) in [6, 6.07) is -0.188. The van der Waals surface area contributed by atoms with E-state index in [1.54, 1.807) is 0 Å². The van der Waals surface area contributed by atoms with E-state index >= 15 is 0 Å². The number of anilines is 1. The van der Waals surface area contributed by atoms with Crippen LogP contribution in [0.5, 0.6) is 0 Å². The average Bonchev–Trinajstić information content (AvgIpc) is 2.63.